The summed E-state index contributed by atoms with van der Waals surface area (Å²) in [4.78, 5) is 54.5. The first-order valence-corrected chi connectivity index (χ1v) is 8.58. The first-order valence-electron chi connectivity index (χ1n) is 7.70. The summed E-state index contributed by atoms with van der Waals surface area (Å²) in [7, 11) is 9.39. The molecule has 0 saturated heterocycles. The molecular formula is C14H15B2N3O9S. The molecule has 0 unspecified atom stereocenters. The van der Waals surface area contributed by atoms with Gasteiger partial charge in [-0.3, -0.25) is 10.1 Å². The Bertz CT molecular complexity index is 806. The van der Waals surface area contributed by atoms with Crippen LogP contribution >= 0.6 is 11.3 Å². The number of hydrogen-bond acceptors (Lipinski definition) is 11. The standard InChI is InChI=1S/C14H15B2N3O9S/c1-14(2,3)25-13(24)18-12-17-6(5-29-12)9(10(21)22)19-28-7(11(23)27-16)4-8(20)26-15/h5,7H,4H2,1-3H3,(H,21,22)(H,17,18,24)/b19-9-/t7-/m0/s1. The highest BCUT2D eigenvalue weighted by molar-refractivity contribution is 7.14. The van der Waals surface area contributed by atoms with E-state index in [0.29, 0.717) is 0 Å². The van der Waals surface area contributed by atoms with Gasteiger partial charge in [0.05, 0.1) is 6.42 Å². The summed E-state index contributed by atoms with van der Waals surface area (Å²) in [5, 5.41) is 16.2. The lowest BCUT2D eigenvalue weighted by Gasteiger charge is -2.18. The van der Waals surface area contributed by atoms with E-state index >= 15 is 0 Å². The monoisotopic (exact) mass is 423 g/mol. The number of nitrogens with zero attached hydrogens (tertiary/aromatic N) is 2. The van der Waals surface area contributed by atoms with Gasteiger partial charge in [0.15, 0.2) is 5.13 Å². The third-order valence-electron chi connectivity index (χ3n) is 2.69. The van der Waals surface area contributed by atoms with E-state index in [1.165, 1.54) is 5.38 Å². The second-order valence-electron chi connectivity index (χ2n) is 6.13. The number of carboxylic acid groups (broad SMARTS) is 1. The van der Waals surface area contributed by atoms with Gasteiger partial charge < -0.3 is 24.0 Å². The Morgan fingerprint density at radius 3 is 2.45 bits per heavy atom. The highest BCUT2D eigenvalue weighted by Gasteiger charge is 2.27. The SMILES string of the molecule is [B]OC(=O)C[C@H](O/N=C(\C(=O)O)c1csc(NC(=O)OC(C)(C)C)n1)C(=O)O[B]. The molecule has 0 saturated carbocycles. The second kappa shape index (κ2) is 10.5. The first-order chi connectivity index (χ1) is 13.5. The van der Waals surface area contributed by atoms with Crippen molar-refractivity contribution < 1.29 is 43.2 Å². The number of carboxylic acids is 1. The summed E-state index contributed by atoms with van der Waals surface area (Å²) in [6, 6.07) is 0. The fraction of sp³-hybridized carbons (Fsp3) is 0.429. The third-order valence-corrected chi connectivity index (χ3v) is 3.45. The van der Waals surface area contributed by atoms with E-state index in [9.17, 15) is 24.3 Å². The molecule has 0 aliphatic carbocycles. The summed E-state index contributed by atoms with van der Waals surface area (Å²) < 4.78 is 12.9. The normalized spacial score (nSPS) is 12.4. The average Bonchev–Trinajstić information content (AvgIpc) is 3.05. The van der Waals surface area contributed by atoms with E-state index in [-0.39, 0.29) is 10.8 Å². The number of thiazole rings is 1. The minimum atomic E-state index is -1.72. The first kappa shape index (κ1) is 23.9. The number of amides is 1. The smallest absolute Gasteiger partial charge is 0.413 e. The van der Waals surface area contributed by atoms with Gasteiger partial charge in [0.1, 0.15) is 11.3 Å². The predicted molar refractivity (Wildman–Crippen MR) is 99.3 cm³/mol. The Labute approximate surface area is 171 Å². The molecule has 2 N–H and O–H groups in total. The number of carbonyl (C=O) groups excluding carboxylic acids is 3. The van der Waals surface area contributed by atoms with Crippen LogP contribution in [0.25, 0.3) is 0 Å². The maximum atomic E-state index is 11.7. The van der Waals surface area contributed by atoms with Crippen LogP contribution in [0.1, 0.15) is 32.9 Å². The molecule has 12 nitrogen and oxygen atoms in total. The number of nitrogens with one attached hydrogen (secondary N) is 1. The molecule has 1 heterocycles. The number of ether oxygens (including phenoxy) is 1. The van der Waals surface area contributed by atoms with E-state index in [2.05, 4.69) is 32.8 Å². The van der Waals surface area contributed by atoms with Crippen molar-refractivity contribution in [2.75, 3.05) is 5.32 Å². The molecule has 152 valence electrons. The minimum absolute atomic E-state index is 0.0211. The van der Waals surface area contributed by atoms with Crippen LogP contribution in [0.3, 0.4) is 0 Å². The number of aliphatic carboxylic acids is 1. The summed E-state index contributed by atoms with van der Waals surface area (Å²) in [5.41, 5.74) is -1.67. The maximum absolute atomic E-state index is 11.7. The van der Waals surface area contributed by atoms with Crippen LogP contribution < -0.4 is 5.32 Å². The van der Waals surface area contributed by atoms with Crippen LogP contribution in [0.2, 0.25) is 0 Å². The molecule has 0 aliphatic rings. The molecule has 1 rings (SSSR count). The van der Waals surface area contributed by atoms with Crippen LogP contribution in [-0.2, 0) is 33.3 Å². The van der Waals surface area contributed by atoms with Crippen LogP contribution in [0, 0.1) is 0 Å². The zero-order valence-electron chi connectivity index (χ0n) is 15.5. The molecule has 0 aromatic carbocycles. The molecule has 0 spiro atoms. The van der Waals surface area contributed by atoms with Crippen LogP contribution in [0.15, 0.2) is 10.5 Å². The van der Waals surface area contributed by atoms with Gasteiger partial charge in [0.2, 0.25) is 11.8 Å². The number of carbonyl (C=O) groups is 4. The number of oxime groups is 1. The highest BCUT2D eigenvalue weighted by atomic mass is 32.1. The van der Waals surface area contributed by atoms with Gasteiger partial charge in [0.25, 0.3) is 5.97 Å². The van der Waals surface area contributed by atoms with Gasteiger partial charge in [-0.25, -0.2) is 19.4 Å². The van der Waals surface area contributed by atoms with E-state index in [0.717, 1.165) is 11.3 Å². The van der Waals surface area contributed by atoms with E-state index < -0.39 is 47.8 Å². The molecule has 0 bridgehead atoms. The Morgan fingerprint density at radius 2 is 1.93 bits per heavy atom. The van der Waals surface area contributed by atoms with Crippen molar-refractivity contribution in [1.29, 1.82) is 0 Å². The van der Waals surface area contributed by atoms with E-state index in [4.69, 9.17) is 17.6 Å². The van der Waals surface area contributed by atoms with Crippen LogP contribution in [-0.4, -0.2) is 67.6 Å². The summed E-state index contributed by atoms with van der Waals surface area (Å²) >= 11 is 0.884. The number of aromatic nitrogens is 1. The second-order valence-corrected chi connectivity index (χ2v) is 6.99. The number of hydrogen-bond donors (Lipinski definition) is 2. The summed E-state index contributed by atoms with van der Waals surface area (Å²) in [6.45, 7) is 4.99. The van der Waals surface area contributed by atoms with Crippen LogP contribution in [0.4, 0.5) is 9.93 Å². The maximum Gasteiger partial charge on any atom is 0.413 e. The fourth-order valence-electron chi connectivity index (χ4n) is 1.58. The molecule has 0 aliphatic heterocycles. The number of rotatable bonds is 8. The molecule has 1 amide bonds. The molecule has 1 aromatic rings. The van der Waals surface area contributed by atoms with Crippen molar-refractivity contribution in [3.8, 4) is 0 Å². The highest BCUT2D eigenvalue weighted by Crippen LogP contribution is 2.18. The quantitative estimate of drug-likeness (QED) is 0.338. The molecule has 1 aromatic heterocycles. The fourth-order valence-corrected chi connectivity index (χ4v) is 2.26. The topological polar surface area (TPSA) is 163 Å². The van der Waals surface area contributed by atoms with Gasteiger partial charge >= 0.3 is 34.1 Å². The molecule has 0 fully saturated rings. The predicted octanol–water partition coefficient (Wildman–Crippen LogP) is 0.307. The van der Waals surface area contributed by atoms with Crippen molar-refractivity contribution in [3.05, 3.63) is 11.1 Å². The zero-order valence-corrected chi connectivity index (χ0v) is 16.3. The number of anilines is 1. The van der Waals surface area contributed by atoms with Gasteiger partial charge in [-0.15, -0.1) is 11.3 Å². The van der Waals surface area contributed by atoms with E-state index in [1.807, 2.05) is 0 Å². The van der Waals surface area contributed by atoms with Gasteiger partial charge in [-0.05, 0) is 20.8 Å². The average molecular weight is 423 g/mol. The lowest BCUT2D eigenvalue weighted by atomic mass is 10.2. The molecule has 29 heavy (non-hydrogen) atoms. The lowest BCUT2D eigenvalue weighted by Crippen LogP contribution is -2.29. The Kier molecular flexibility index (Phi) is 8.63. The van der Waals surface area contributed by atoms with Gasteiger partial charge in [-0.1, -0.05) is 5.16 Å². The molecule has 4 radical (unpaired) electrons. The third kappa shape index (κ3) is 8.21. The van der Waals surface area contributed by atoms with Crippen molar-refractivity contribution >= 4 is 62.3 Å². The van der Waals surface area contributed by atoms with Crippen molar-refractivity contribution in [2.45, 2.75) is 38.9 Å². The molecular weight excluding hydrogens is 408 g/mol. The van der Waals surface area contributed by atoms with Gasteiger partial charge in [0, 0.05) is 5.38 Å². The summed E-state index contributed by atoms with van der Waals surface area (Å²) in [5.74, 6) is -3.86. The Balaban J connectivity index is 2.98. The van der Waals surface area contributed by atoms with E-state index in [1.54, 1.807) is 20.8 Å². The Morgan fingerprint density at radius 1 is 1.28 bits per heavy atom. The minimum Gasteiger partial charge on any atom is -0.543 e. The van der Waals surface area contributed by atoms with Crippen molar-refractivity contribution in [3.63, 3.8) is 0 Å². The zero-order chi connectivity index (χ0) is 22.2. The van der Waals surface area contributed by atoms with Gasteiger partial charge in [-0.2, -0.15) is 0 Å². The molecule has 15 heteroatoms. The summed E-state index contributed by atoms with van der Waals surface area (Å²) in [6.07, 6.45) is -3.26. The van der Waals surface area contributed by atoms with Crippen LogP contribution in [0.5, 0.6) is 0 Å². The molecule has 1 atom stereocenters. The van der Waals surface area contributed by atoms with Crippen molar-refractivity contribution in [2.24, 2.45) is 5.16 Å². The largest absolute Gasteiger partial charge is 0.543 e. The lowest BCUT2D eigenvalue weighted by molar-refractivity contribution is -0.153. The Hall–Kier alpha value is -3.09. The van der Waals surface area contributed by atoms with Crippen molar-refractivity contribution in [1.82, 2.24) is 4.98 Å².